The van der Waals surface area contributed by atoms with Crippen molar-refractivity contribution in [2.75, 3.05) is 18.0 Å². The predicted octanol–water partition coefficient (Wildman–Crippen LogP) is 2.62. The summed E-state index contributed by atoms with van der Waals surface area (Å²) < 4.78 is 0. The molecule has 136 valence electrons. The van der Waals surface area contributed by atoms with Crippen LogP contribution in [0.25, 0.3) is 0 Å². The second-order valence-electron chi connectivity index (χ2n) is 6.31. The molecule has 26 heavy (non-hydrogen) atoms. The maximum absolute atomic E-state index is 12.3. The number of nitrogens with two attached hydrogens (primary N) is 1. The normalized spacial score (nSPS) is 17.0. The van der Waals surface area contributed by atoms with Gasteiger partial charge in [0.15, 0.2) is 0 Å². The van der Waals surface area contributed by atoms with Crippen molar-refractivity contribution in [3.63, 3.8) is 0 Å². The monoisotopic (exact) mass is 372 g/mol. The SMILES string of the molecule is NC(=O)c1cnc(N2CCCCC2CNC(=O)c2ccccc2)c(Cl)c1. The van der Waals surface area contributed by atoms with Crippen LogP contribution in [0.5, 0.6) is 0 Å². The van der Waals surface area contributed by atoms with E-state index in [0.717, 1.165) is 25.8 Å². The summed E-state index contributed by atoms with van der Waals surface area (Å²) in [5, 5.41) is 3.38. The van der Waals surface area contributed by atoms with E-state index in [1.165, 1.54) is 6.20 Å². The zero-order chi connectivity index (χ0) is 18.5. The number of pyridine rings is 1. The van der Waals surface area contributed by atoms with Gasteiger partial charge in [0.05, 0.1) is 10.6 Å². The molecule has 7 heteroatoms. The minimum Gasteiger partial charge on any atom is -0.366 e. The van der Waals surface area contributed by atoms with Gasteiger partial charge in [-0.2, -0.15) is 0 Å². The minimum atomic E-state index is -0.559. The molecule has 3 rings (SSSR count). The Morgan fingerprint density at radius 2 is 2.00 bits per heavy atom. The molecule has 1 fully saturated rings. The molecule has 3 N–H and O–H groups in total. The standard InChI is InChI=1S/C19H21ClN4O2/c20-16-10-14(17(21)25)11-22-18(16)24-9-5-4-8-15(24)12-23-19(26)13-6-2-1-3-7-13/h1-3,6-7,10-11,15H,4-5,8-9,12H2,(H2,21,25)(H,23,26). The van der Waals surface area contributed by atoms with E-state index in [9.17, 15) is 9.59 Å². The van der Waals surface area contributed by atoms with Crippen molar-refractivity contribution < 1.29 is 9.59 Å². The molecule has 1 aliphatic heterocycles. The first-order valence-corrected chi connectivity index (χ1v) is 8.99. The van der Waals surface area contributed by atoms with Crippen molar-refractivity contribution in [1.29, 1.82) is 0 Å². The van der Waals surface area contributed by atoms with Gasteiger partial charge in [-0.3, -0.25) is 9.59 Å². The van der Waals surface area contributed by atoms with Crippen molar-refractivity contribution in [1.82, 2.24) is 10.3 Å². The first kappa shape index (κ1) is 18.2. The van der Waals surface area contributed by atoms with E-state index in [0.29, 0.717) is 22.9 Å². The molecule has 1 saturated heterocycles. The molecule has 0 aliphatic carbocycles. The van der Waals surface area contributed by atoms with E-state index >= 15 is 0 Å². The number of amides is 2. The van der Waals surface area contributed by atoms with Crippen LogP contribution >= 0.6 is 11.6 Å². The molecule has 1 atom stereocenters. The number of primary amides is 1. The third-order valence-electron chi connectivity index (χ3n) is 4.54. The highest BCUT2D eigenvalue weighted by atomic mass is 35.5. The number of anilines is 1. The molecule has 1 aliphatic rings. The van der Waals surface area contributed by atoms with Gasteiger partial charge >= 0.3 is 0 Å². The third-order valence-corrected chi connectivity index (χ3v) is 4.82. The summed E-state index contributed by atoms with van der Waals surface area (Å²) in [6, 6.07) is 10.8. The lowest BCUT2D eigenvalue weighted by atomic mass is 10.0. The quantitative estimate of drug-likeness (QED) is 0.844. The molecule has 1 unspecified atom stereocenters. The van der Waals surface area contributed by atoms with Gasteiger partial charge in [0.1, 0.15) is 5.82 Å². The fraction of sp³-hybridized carbons (Fsp3) is 0.316. The van der Waals surface area contributed by atoms with Gasteiger partial charge in [0.2, 0.25) is 5.91 Å². The number of aromatic nitrogens is 1. The van der Waals surface area contributed by atoms with Crippen LogP contribution in [0, 0.1) is 0 Å². The van der Waals surface area contributed by atoms with Crippen LogP contribution in [0.1, 0.15) is 40.0 Å². The summed E-state index contributed by atoms with van der Waals surface area (Å²) in [4.78, 5) is 30.0. The smallest absolute Gasteiger partial charge is 0.251 e. The summed E-state index contributed by atoms with van der Waals surface area (Å²) in [5.74, 6) is -0.0362. The zero-order valence-corrected chi connectivity index (χ0v) is 15.1. The summed E-state index contributed by atoms with van der Waals surface area (Å²) >= 11 is 6.33. The predicted molar refractivity (Wildman–Crippen MR) is 102 cm³/mol. The number of hydrogen-bond acceptors (Lipinski definition) is 4. The molecule has 0 spiro atoms. The molecule has 0 saturated carbocycles. The summed E-state index contributed by atoms with van der Waals surface area (Å²) in [6.07, 6.45) is 4.49. The van der Waals surface area contributed by atoms with Gasteiger partial charge in [-0.15, -0.1) is 0 Å². The number of hydrogen-bond donors (Lipinski definition) is 2. The second kappa shape index (κ2) is 8.19. The molecule has 1 aromatic carbocycles. The largest absolute Gasteiger partial charge is 0.366 e. The lowest BCUT2D eigenvalue weighted by Gasteiger charge is -2.37. The Kier molecular flexibility index (Phi) is 5.73. The van der Waals surface area contributed by atoms with Crippen LogP contribution in [0.15, 0.2) is 42.6 Å². The van der Waals surface area contributed by atoms with Gasteiger partial charge in [-0.25, -0.2) is 4.98 Å². The summed E-state index contributed by atoms with van der Waals surface area (Å²) in [6.45, 7) is 1.30. The fourth-order valence-electron chi connectivity index (χ4n) is 3.17. The van der Waals surface area contributed by atoms with Crippen LogP contribution < -0.4 is 16.0 Å². The van der Waals surface area contributed by atoms with Gasteiger partial charge in [0.25, 0.3) is 5.91 Å². The zero-order valence-electron chi connectivity index (χ0n) is 14.3. The van der Waals surface area contributed by atoms with Crippen molar-refractivity contribution in [3.8, 4) is 0 Å². The Morgan fingerprint density at radius 1 is 1.23 bits per heavy atom. The van der Waals surface area contributed by atoms with Crippen LogP contribution in [0.3, 0.4) is 0 Å². The first-order valence-electron chi connectivity index (χ1n) is 8.61. The third kappa shape index (κ3) is 4.14. The van der Waals surface area contributed by atoms with E-state index in [-0.39, 0.29) is 17.5 Å². The Bertz CT molecular complexity index is 797. The van der Waals surface area contributed by atoms with Gasteiger partial charge in [-0.1, -0.05) is 29.8 Å². The fourth-order valence-corrected chi connectivity index (χ4v) is 3.45. The van der Waals surface area contributed by atoms with E-state index in [4.69, 9.17) is 17.3 Å². The Balaban J connectivity index is 1.72. The van der Waals surface area contributed by atoms with Crippen molar-refractivity contribution >= 4 is 29.2 Å². The molecule has 1 aromatic heterocycles. The number of rotatable bonds is 5. The van der Waals surface area contributed by atoms with E-state index in [1.807, 2.05) is 18.2 Å². The number of benzene rings is 1. The highest BCUT2D eigenvalue weighted by Crippen LogP contribution is 2.29. The number of carbonyl (C=O) groups excluding carboxylic acids is 2. The Morgan fingerprint density at radius 3 is 2.69 bits per heavy atom. The number of nitrogens with zero attached hydrogens (tertiary/aromatic N) is 2. The number of carbonyl (C=O) groups is 2. The van der Waals surface area contributed by atoms with Gasteiger partial charge in [-0.05, 0) is 37.5 Å². The summed E-state index contributed by atoms with van der Waals surface area (Å²) in [5.41, 5.74) is 6.19. The van der Waals surface area contributed by atoms with Crippen molar-refractivity contribution in [2.45, 2.75) is 25.3 Å². The topological polar surface area (TPSA) is 88.3 Å². The highest BCUT2D eigenvalue weighted by molar-refractivity contribution is 6.33. The van der Waals surface area contributed by atoms with E-state index in [1.54, 1.807) is 18.2 Å². The molecular weight excluding hydrogens is 352 g/mol. The first-order chi connectivity index (χ1) is 12.6. The average Bonchev–Trinajstić information content (AvgIpc) is 2.67. The van der Waals surface area contributed by atoms with Crippen molar-refractivity contribution in [3.05, 3.63) is 58.7 Å². The maximum Gasteiger partial charge on any atom is 0.251 e. The number of piperidine rings is 1. The van der Waals surface area contributed by atoms with Crippen LogP contribution in [-0.4, -0.2) is 35.9 Å². The number of nitrogens with one attached hydrogen (secondary N) is 1. The molecular formula is C19H21ClN4O2. The average molecular weight is 373 g/mol. The molecule has 2 amide bonds. The van der Waals surface area contributed by atoms with Crippen LogP contribution in [-0.2, 0) is 0 Å². The van der Waals surface area contributed by atoms with Gasteiger partial charge in [0, 0.05) is 30.9 Å². The van der Waals surface area contributed by atoms with Crippen molar-refractivity contribution in [2.24, 2.45) is 5.73 Å². The minimum absolute atomic E-state index is 0.0979. The number of halogens is 1. The second-order valence-corrected chi connectivity index (χ2v) is 6.72. The highest BCUT2D eigenvalue weighted by Gasteiger charge is 2.26. The Labute approximate surface area is 157 Å². The van der Waals surface area contributed by atoms with Crippen LogP contribution in [0.4, 0.5) is 5.82 Å². The Hall–Kier alpha value is -2.60. The lowest BCUT2D eigenvalue weighted by Crippen LogP contribution is -2.47. The molecule has 2 aromatic rings. The van der Waals surface area contributed by atoms with E-state index in [2.05, 4.69) is 15.2 Å². The molecule has 2 heterocycles. The van der Waals surface area contributed by atoms with Crippen LogP contribution in [0.2, 0.25) is 5.02 Å². The van der Waals surface area contributed by atoms with E-state index < -0.39 is 5.91 Å². The molecule has 0 radical (unpaired) electrons. The maximum atomic E-state index is 12.3. The molecule has 6 nitrogen and oxygen atoms in total. The summed E-state index contributed by atoms with van der Waals surface area (Å²) in [7, 11) is 0. The molecule has 0 bridgehead atoms. The van der Waals surface area contributed by atoms with Gasteiger partial charge < -0.3 is 16.0 Å². The lowest BCUT2D eigenvalue weighted by molar-refractivity contribution is 0.0948.